The van der Waals surface area contributed by atoms with Gasteiger partial charge in [0.15, 0.2) is 5.82 Å². The Kier molecular flexibility index (Phi) is 3.90. The number of benzene rings is 1. The summed E-state index contributed by atoms with van der Waals surface area (Å²) in [5.41, 5.74) is 0. The Balaban J connectivity index is 1.72. The van der Waals surface area contributed by atoms with Gasteiger partial charge in [0.1, 0.15) is 12.1 Å². The number of amides is 1. The van der Waals surface area contributed by atoms with Crippen LogP contribution in [0.5, 0.6) is 5.75 Å². The maximum Gasteiger partial charge on any atom is 0.412 e. The summed E-state index contributed by atoms with van der Waals surface area (Å²) in [6.07, 6.45) is 1.72. The highest BCUT2D eigenvalue weighted by atomic mass is 16.5. The number of carbonyl (C=O) groups excluding carboxylic acids is 1. The van der Waals surface area contributed by atoms with Crippen LogP contribution < -0.4 is 10.1 Å². The van der Waals surface area contributed by atoms with E-state index in [4.69, 9.17) is 4.74 Å². The predicted molar refractivity (Wildman–Crippen MR) is 65.2 cm³/mol. The molecule has 94 valence electrons. The summed E-state index contributed by atoms with van der Waals surface area (Å²) >= 11 is 0. The topological polar surface area (TPSA) is 69.0 Å². The summed E-state index contributed by atoms with van der Waals surface area (Å²) in [4.78, 5) is 15.5. The molecule has 1 amide bonds. The average molecular weight is 246 g/mol. The van der Waals surface area contributed by atoms with Crippen molar-refractivity contribution in [1.29, 1.82) is 0 Å². The highest BCUT2D eigenvalue weighted by Crippen LogP contribution is 2.07. The molecule has 2 aromatic rings. The first-order valence-corrected chi connectivity index (χ1v) is 5.59. The van der Waals surface area contributed by atoms with Gasteiger partial charge in [0, 0.05) is 20.0 Å². The van der Waals surface area contributed by atoms with Gasteiger partial charge in [-0.25, -0.2) is 9.78 Å². The van der Waals surface area contributed by atoms with Gasteiger partial charge in [-0.1, -0.05) is 18.2 Å². The average Bonchev–Trinajstić information content (AvgIpc) is 2.76. The van der Waals surface area contributed by atoms with Crippen molar-refractivity contribution in [3.63, 3.8) is 0 Å². The molecule has 1 aromatic carbocycles. The zero-order valence-corrected chi connectivity index (χ0v) is 10.0. The molecule has 2 rings (SSSR count). The highest BCUT2D eigenvalue weighted by molar-refractivity contribution is 5.70. The molecule has 1 aromatic heterocycles. The maximum atomic E-state index is 11.4. The second-order valence-electron chi connectivity index (χ2n) is 3.71. The molecule has 18 heavy (non-hydrogen) atoms. The summed E-state index contributed by atoms with van der Waals surface area (Å²) in [5, 5.41) is 6.74. The van der Waals surface area contributed by atoms with Crippen molar-refractivity contribution in [2.45, 2.75) is 6.42 Å². The van der Waals surface area contributed by atoms with Gasteiger partial charge in [0.05, 0.1) is 0 Å². The monoisotopic (exact) mass is 246 g/mol. The van der Waals surface area contributed by atoms with Crippen molar-refractivity contribution in [1.82, 2.24) is 20.1 Å². The summed E-state index contributed by atoms with van der Waals surface area (Å²) in [6.45, 7) is 0.440. The van der Waals surface area contributed by atoms with Crippen LogP contribution in [0.4, 0.5) is 4.79 Å². The number of nitrogens with one attached hydrogen (secondary N) is 1. The van der Waals surface area contributed by atoms with Gasteiger partial charge in [-0.3, -0.25) is 4.68 Å². The van der Waals surface area contributed by atoms with Gasteiger partial charge in [0.25, 0.3) is 0 Å². The quantitative estimate of drug-likeness (QED) is 0.878. The minimum absolute atomic E-state index is 0.440. The van der Waals surface area contributed by atoms with Gasteiger partial charge in [0.2, 0.25) is 0 Å². The van der Waals surface area contributed by atoms with Gasteiger partial charge in [-0.2, -0.15) is 5.10 Å². The summed E-state index contributed by atoms with van der Waals surface area (Å²) in [5.74, 6) is 1.21. The maximum absolute atomic E-state index is 11.4. The van der Waals surface area contributed by atoms with Crippen molar-refractivity contribution < 1.29 is 9.53 Å². The third-order valence-corrected chi connectivity index (χ3v) is 2.22. The van der Waals surface area contributed by atoms with Crippen LogP contribution in [0.15, 0.2) is 36.7 Å². The van der Waals surface area contributed by atoms with E-state index < -0.39 is 6.09 Å². The fourth-order valence-electron chi connectivity index (χ4n) is 1.41. The largest absolute Gasteiger partial charge is 0.412 e. The fourth-order valence-corrected chi connectivity index (χ4v) is 1.41. The molecule has 0 aliphatic heterocycles. The molecule has 0 spiro atoms. The Labute approximate surface area is 105 Å². The van der Waals surface area contributed by atoms with Gasteiger partial charge < -0.3 is 10.1 Å². The molecule has 0 saturated heterocycles. The molecule has 0 atom stereocenters. The standard InChI is InChI=1S/C12H14N4O2/c1-16-9-14-11(15-16)7-8-13-12(17)18-10-5-3-2-4-6-10/h2-6,9H,7-8H2,1H3,(H,13,17). The Morgan fingerprint density at radius 3 is 2.83 bits per heavy atom. The number of hydrogen-bond acceptors (Lipinski definition) is 4. The van der Waals surface area contributed by atoms with Crippen molar-refractivity contribution in [2.24, 2.45) is 7.05 Å². The first-order valence-electron chi connectivity index (χ1n) is 5.59. The second kappa shape index (κ2) is 5.81. The van der Waals surface area contributed by atoms with E-state index in [1.165, 1.54) is 0 Å². The Hall–Kier alpha value is -2.37. The molecule has 6 heteroatoms. The minimum atomic E-state index is -0.475. The third kappa shape index (κ3) is 3.58. The SMILES string of the molecule is Cn1cnc(CCNC(=O)Oc2ccccc2)n1. The van der Waals surface area contributed by atoms with E-state index in [0.29, 0.717) is 24.5 Å². The Morgan fingerprint density at radius 1 is 1.39 bits per heavy atom. The van der Waals surface area contributed by atoms with E-state index in [2.05, 4.69) is 15.4 Å². The molecule has 0 saturated carbocycles. The molecule has 0 radical (unpaired) electrons. The first kappa shape index (κ1) is 12.1. The lowest BCUT2D eigenvalue weighted by molar-refractivity contribution is 0.200. The smallest absolute Gasteiger partial charge is 0.410 e. The van der Waals surface area contributed by atoms with Crippen LogP contribution in [0.25, 0.3) is 0 Å². The zero-order valence-electron chi connectivity index (χ0n) is 10.0. The van der Waals surface area contributed by atoms with Crippen LogP contribution in [-0.2, 0) is 13.5 Å². The number of nitrogens with zero attached hydrogens (tertiary/aromatic N) is 3. The van der Waals surface area contributed by atoms with E-state index in [1.807, 2.05) is 6.07 Å². The second-order valence-corrected chi connectivity index (χ2v) is 3.71. The molecule has 0 unspecified atom stereocenters. The minimum Gasteiger partial charge on any atom is -0.410 e. The fraction of sp³-hybridized carbons (Fsp3) is 0.250. The molecular formula is C12H14N4O2. The molecule has 0 fully saturated rings. The molecular weight excluding hydrogens is 232 g/mol. The van der Waals surface area contributed by atoms with Crippen LogP contribution in [0, 0.1) is 0 Å². The van der Waals surface area contributed by atoms with Crippen molar-refractivity contribution in [2.75, 3.05) is 6.54 Å². The number of carbonyl (C=O) groups is 1. The summed E-state index contributed by atoms with van der Waals surface area (Å²) < 4.78 is 6.68. The Bertz CT molecular complexity index is 510. The number of rotatable bonds is 4. The molecule has 1 N–H and O–H groups in total. The lowest BCUT2D eigenvalue weighted by atomic mass is 10.3. The van der Waals surface area contributed by atoms with Gasteiger partial charge in [-0.05, 0) is 12.1 Å². The van der Waals surface area contributed by atoms with E-state index in [9.17, 15) is 4.79 Å². The van der Waals surface area contributed by atoms with Gasteiger partial charge >= 0.3 is 6.09 Å². The van der Waals surface area contributed by atoms with Crippen LogP contribution in [0.1, 0.15) is 5.82 Å². The van der Waals surface area contributed by atoms with Gasteiger partial charge in [-0.15, -0.1) is 0 Å². The zero-order chi connectivity index (χ0) is 12.8. The Morgan fingerprint density at radius 2 is 2.17 bits per heavy atom. The van der Waals surface area contributed by atoms with Crippen molar-refractivity contribution in [3.8, 4) is 5.75 Å². The van der Waals surface area contributed by atoms with Crippen molar-refractivity contribution in [3.05, 3.63) is 42.5 Å². The number of ether oxygens (including phenoxy) is 1. The molecule has 6 nitrogen and oxygen atoms in total. The number of aryl methyl sites for hydroxylation is 1. The number of hydrogen-bond donors (Lipinski definition) is 1. The third-order valence-electron chi connectivity index (χ3n) is 2.22. The number of aromatic nitrogens is 3. The molecule has 0 aliphatic carbocycles. The van der Waals surface area contributed by atoms with Crippen LogP contribution >= 0.6 is 0 Å². The normalized spacial score (nSPS) is 10.1. The van der Waals surface area contributed by atoms with E-state index in [0.717, 1.165) is 0 Å². The summed E-state index contributed by atoms with van der Waals surface area (Å²) in [6, 6.07) is 8.91. The highest BCUT2D eigenvalue weighted by Gasteiger charge is 2.04. The molecule has 0 bridgehead atoms. The van der Waals surface area contributed by atoms with Crippen molar-refractivity contribution >= 4 is 6.09 Å². The summed E-state index contributed by atoms with van der Waals surface area (Å²) in [7, 11) is 1.80. The first-order chi connectivity index (χ1) is 8.74. The molecule has 0 aliphatic rings. The van der Waals surface area contributed by atoms with E-state index in [1.54, 1.807) is 42.3 Å². The van der Waals surface area contributed by atoms with E-state index >= 15 is 0 Å². The van der Waals surface area contributed by atoms with Crippen LogP contribution in [0.2, 0.25) is 0 Å². The number of para-hydroxylation sites is 1. The molecule has 1 heterocycles. The van der Waals surface area contributed by atoms with Crippen LogP contribution in [-0.4, -0.2) is 27.4 Å². The lowest BCUT2D eigenvalue weighted by Gasteiger charge is -2.04. The van der Waals surface area contributed by atoms with E-state index in [-0.39, 0.29) is 0 Å². The lowest BCUT2D eigenvalue weighted by Crippen LogP contribution is -2.28. The predicted octanol–water partition coefficient (Wildman–Crippen LogP) is 1.15. The van der Waals surface area contributed by atoms with Crippen LogP contribution in [0.3, 0.4) is 0 Å².